The number of fused-ring (bicyclic) bond motifs is 1. The first-order valence-corrected chi connectivity index (χ1v) is 13.7. The molecule has 0 bridgehead atoms. The molecule has 0 atom stereocenters. The number of anilines is 1. The van der Waals surface area contributed by atoms with E-state index in [9.17, 15) is 14.3 Å². The highest BCUT2D eigenvalue weighted by Gasteiger charge is 2.23. The number of para-hydroxylation sites is 1. The Labute approximate surface area is 232 Å². The van der Waals surface area contributed by atoms with Crippen molar-refractivity contribution in [3.8, 4) is 17.1 Å². The minimum Gasteiger partial charge on any atom is -0.478 e. The zero-order valence-corrected chi connectivity index (χ0v) is 22.0. The summed E-state index contributed by atoms with van der Waals surface area (Å²) in [5.41, 5.74) is 4.15. The monoisotopic (exact) mass is 535 g/mol. The molecule has 2 aliphatic carbocycles. The van der Waals surface area contributed by atoms with E-state index < -0.39 is 5.97 Å². The number of halogens is 1. The summed E-state index contributed by atoms with van der Waals surface area (Å²) in [6.07, 6.45) is 12.9. The quantitative estimate of drug-likeness (QED) is 0.241. The van der Waals surface area contributed by atoms with E-state index >= 15 is 0 Å². The summed E-state index contributed by atoms with van der Waals surface area (Å²) in [6, 6.07) is 22.8. The number of benzene rings is 3. The SMILES string of the molecule is O=C(O)c1ccc2c(c1)nc(-c1ccc(ON(C3=CCC=CC(F)=C3)c3ccccc3)cc1)n2C1CCCCC1. The second kappa shape index (κ2) is 11.2. The van der Waals surface area contributed by atoms with Crippen molar-refractivity contribution >= 4 is 22.7 Å². The molecule has 1 aromatic heterocycles. The van der Waals surface area contributed by atoms with Crippen molar-refractivity contribution in [2.75, 3.05) is 5.06 Å². The number of hydroxylamine groups is 1. The molecule has 7 heteroatoms. The lowest BCUT2D eigenvalue weighted by Crippen LogP contribution is -2.25. The molecular formula is C33H30FN3O3. The third-order valence-corrected chi connectivity index (χ3v) is 7.44. The predicted molar refractivity (Wildman–Crippen MR) is 155 cm³/mol. The number of carboxylic acids is 1. The average Bonchev–Trinajstić information content (AvgIpc) is 3.24. The summed E-state index contributed by atoms with van der Waals surface area (Å²) in [7, 11) is 0. The second-order valence-electron chi connectivity index (χ2n) is 10.1. The number of aromatic carboxylic acids is 1. The molecule has 3 aromatic carbocycles. The van der Waals surface area contributed by atoms with Gasteiger partial charge in [0.15, 0.2) is 5.75 Å². The summed E-state index contributed by atoms with van der Waals surface area (Å²) < 4.78 is 16.6. The van der Waals surface area contributed by atoms with Gasteiger partial charge in [0, 0.05) is 17.7 Å². The summed E-state index contributed by atoms with van der Waals surface area (Å²) in [5.74, 6) is 0.109. The Balaban J connectivity index is 1.35. The Kier molecular flexibility index (Phi) is 7.19. The van der Waals surface area contributed by atoms with Gasteiger partial charge in [0.05, 0.1) is 28.0 Å². The number of hydrogen-bond donors (Lipinski definition) is 1. The first-order chi connectivity index (χ1) is 19.6. The molecular weight excluding hydrogens is 505 g/mol. The first kappa shape index (κ1) is 25.6. The van der Waals surface area contributed by atoms with Crippen molar-refractivity contribution in [3.63, 3.8) is 0 Å². The standard InChI is InChI=1S/C33H30FN3O3/c34-25-9-7-8-14-28(22-25)37(27-12-5-2-6-13-27)40-29-18-15-23(16-19-29)32-35-30-21-24(33(38)39)17-20-31(30)36(32)26-10-3-1-4-11-26/h2,5-7,9,12-22,26H,1,3-4,8,10-11H2,(H,38,39). The maximum absolute atomic E-state index is 14.3. The molecule has 2 aliphatic rings. The van der Waals surface area contributed by atoms with Crippen molar-refractivity contribution in [2.45, 2.75) is 44.6 Å². The highest BCUT2D eigenvalue weighted by atomic mass is 19.1. The zero-order chi connectivity index (χ0) is 27.5. The van der Waals surface area contributed by atoms with Crippen molar-refractivity contribution in [3.05, 3.63) is 114 Å². The van der Waals surface area contributed by atoms with Gasteiger partial charge in [-0.1, -0.05) is 49.6 Å². The molecule has 1 saturated carbocycles. The maximum Gasteiger partial charge on any atom is 0.335 e. The van der Waals surface area contributed by atoms with Gasteiger partial charge in [-0.2, -0.15) is 5.06 Å². The van der Waals surface area contributed by atoms with E-state index in [0.29, 0.717) is 29.4 Å². The molecule has 1 heterocycles. The van der Waals surface area contributed by atoms with Crippen LogP contribution in [0.3, 0.4) is 0 Å². The molecule has 202 valence electrons. The Morgan fingerprint density at radius 2 is 1.77 bits per heavy atom. The van der Waals surface area contributed by atoms with E-state index in [0.717, 1.165) is 35.4 Å². The largest absolute Gasteiger partial charge is 0.478 e. The fourth-order valence-electron chi connectivity index (χ4n) is 5.49. The number of carbonyl (C=O) groups is 1. The van der Waals surface area contributed by atoms with Crippen LogP contribution in [0, 0.1) is 0 Å². The lowest BCUT2D eigenvalue weighted by Gasteiger charge is -2.26. The van der Waals surface area contributed by atoms with Gasteiger partial charge in [-0.25, -0.2) is 14.2 Å². The number of nitrogens with zero attached hydrogens (tertiary/aromatic N) is 3. The summed E-state index contributed by atoms with van der Waals surface area (Å²) >= 11 is 0. The third kappa shape index (κ3) is 5.27. The van der Waals surface area contributed by atoms with E-state index in [1.165, 1.54) is 31.4 Å². The Hall–Kier alpha value is -4.65. The molecule has 0 saturated heterocycles. The lowest BCUT2D eigenvalue weighted by molar-refractivity contribution is 0.0697. The molecule has 0 spiro atoms. The van der Waals surface area contributed by atoms with Crippen molar-refractivity contribution < 1.29 is 19.1 Å². The van der Waals surface area contributed by atoms with Crippen LogP contribution < -0.4 is 9.90 Å². The molecule has 0 amide bonds. The van der Waals surface area contributed by atoms with Gasteiger partial charge in [0.1, 0.15) is 11.7 Å². The number of aromatic nitrogens is 2. The van der Waals surface area contributed by atoms with Crippen LogP contribution in [0.1, 0.15) is 54.9 Å². The highest BCUT2D eigenvalue weighted by Crippen LogP contribution is 2.37. The number of allylic oxidation sites excluding steroid dienone is 5. The Morgan fingerprint density at radius 3 is 2.52 bits per heavy atom. The van der Waals surface area contributed by atoms with Crippen LogP contribution in [-0.4, -0.2) is 20.6 Å². The van der Waals surface area contributed by atoms with Crippen LogP contribution in [0.5, 0.6) is 5.75 Å². The first-order valence-electron chi connectivity index (χ1n) is 13.7. The maximum atomic E-state index is 14.3. The van der Waals surface area contributed by atoms with Gasteiger partial charge in [0.25, 0.3) is 0 Å². The van der Waals surface area contributed by atoms with E-state index in [1.54, 1.807) is 23.3 Å². The van der Waals surface area contributed by atoms with Gasteiger partial charge in [-0.3, -0.25) is 0 Å². The topological polar surface area (TPSA) is 67.6 Å². The van der Waals surface area contributed by atoms with Crippen molar-refractivity contribution in [2.24, 2.45) is 0 Å². The molecule has 0 aliphatic heterocycles. The summed E-state index contributed by atoms with van der Waals surface area (Å²) in [5, 5.41) is 11.1. The van der Waals surface area contributed by atoms with Crippen LogP contribution >= 0.6 is 0 Å². The smallest absolute Gasteiger partial charge is 0.335 e. The Morgan fingerprint density at radius 1 is 1.00 bits per heavy atom. The van der Waals surface area contributed by atoms with Crippen LogP contribution in [0.4, 0.5) is 10.1 Å². The fraction of sp³-hybridized carbons (Fsp3) is 0.212. The van der Waals surface area contributed by atoms with Gasteiger partial charge >= 0.3 is 5.97 Å². The van der Waals surface area contributed by atoms with E-state index in [4.69, 9.17) is 9.82 Å². The van der Waals surface area contributed by atoms with Gasteiger partial charge in [0.2, 0.25) is 0 Å². The molecule has 1 fully saturated rings. The summed E-state index contributed by atoms with van der Waals surface area (Å²) in [4.78, 5) is 22.8. The van der Waals surface area contributed by atoms with Crippen molar-refractivity contribution in [1.29, 1.82) is 0 Å². The van der Waals surface area contributed by atoms with Crippen molar-refractivity contribution in [1.82, 2.24) is 9.55 Å². The third-order valence-electron chi connectivity index (χ3n) is 7.44. The molecule has 4 aromatic rings. The number of rotatable bonds is 7. The average molecular weight is 536 g/mol. The van der Waals surface area contributed by atoms with Gasteiger partial charge in [-0.05, 0) is 79.9 Å². The number of hydrogen-bond acceptors (Lipinski definition) is 4. The molecule has 6 nitrogen and oxygen atoms in total. The van der Waals surface area contributed by atoms with Crippen LogP contribution in [-0.2, 0) is 0 Å². The van der Waals surface area contributed by atoms with Gasteiger partial charge < -0.3 is 14.5 Å². The molecule has 0 unspecified atom stereocenters. The van der Waals surface area contributed by atoms with Gasteiger partial charge in [-0.15, -0.1) is 0 Å². The van der Waals surface area contributed by atoms with Crippen LogP contribution in [0.2, 0.25) is 0 Å². The minimum absolute atomic E-state index is 0.227. The normalized spacial score (nSPS) is 15.8. The van der Waals surface area contributed by atoms with E-state index in [1.807, 2.05) is 66.7 Å². The highest BCUT2D eigenvalue weighted by molar-refractivity contribution is 5.93. The zero-order valence-electron chi connectivity index (χ0n) is 22.0. The Bertz CT molecular complexity index is 1610. The minimum atomic E-state index is -0.963. The van der Waals surface area contributed by atoms with E-state index in [-0.39, 0.29) is 11.4 Å². The molecule has 0 radical (unpaired) electrons. The molecule has 6 rings (SSSR count). The molecule has 1 N–H and O–H groups in total. The number of carboxylic acid groups (broad SMARTS) is 1. The lowest BCUT2D eigenvalue weighted by atomic mass is 9.95. The molecule has 40 heavy (non-hydrogen) atoms. The van der Waals surface area contributed by atoms with Crippen LogP contribution in [0.25, 0.3) is 22.4 Å². The predicted octanol–water partition coefficient (Wildman–Crippen LogP) is 8.40. The fourth-order valence-corrected chi connectivity index (χ4v) is 5.49. The second-order valence-corrected chi connectivity index (χ2v) is 10.1. The summed E-state index contributed by atoms with van der Waals surface area (Å²) in [6.45, 7) is 0. The van der Waals surface area contributed by atoms with E-state index in [2.05, 4.69) is 4.57 Å². The number of imidazole rings is 1. The van der Waals surface area contributed by atoms with Crippen LogP contribution in [0.15, 0.2) is 109 Å².